The Hall–Kier alpha value is -1.71. The summed E-state index contributed by atoms with van der Waals surface area (Å²) in [5.41, 5.74) is 0.649. The van der Waals surface area contributed by atoms with Crippen LogP contribution in [0.5, 0.6) is 0 Å². The summed E-state index contributed by atoms with van der Waals surface area (Å²) < 4.78 is 28.7. The third-order valence-electron chi connectivity index (χ3n) is 3.88. The summed E-state index contributed by atoms with van der Waals surface area (Å²) >= 11 is 0. The van der Waals surface area contributed by atoms with Gasteiger partial charge in [-0.1, -0.05) is 19.9 Å². The minimum atomic E-state index is -0.853. The number of nitrogens with one attached hydrogen (secondary N) is 2. The third-order valence-corrected chi connectivity index (χ3v) is 3.88. The van der Waals surface area contributed by atoms with Gasteiger partial charge in [-0.3, -0.25) is 0 Å². The van der Waals surface area contributed by atoms with Gasteiger partial charge in [-0.15, -0.1) is 24.0 Å². The van der Waals surface area contributed by atoms with Crippen molar-refractivity contribution < 1.29 is 8.78 Å². The second-order valence-corrected chi connectivity index (χ2v) is 6.62. The summed E-state index contributed by atoms with van der Waals surface area (Å²) in [5.74, 6) is 0.305. The Morgan fingerprint density at radius 2 is 1.96 bits per heavy atom. The van der Waals surface area contributed by atoms with E-state index in [1.165, 1.54) is 6.07 Å². The van der Waals surface area contributed by atoms with Crippen molar-refractivity contribution in [3.05, 3.63) is 53.6 Å². The normalized spacial score (nSPS) is 12.6. The Labute approximate surface area is 176 Å². The largest absolute Gasteiger partial charge is 0.357 e. The molecule has 1 atom stereocenters. The van der Waals surface area contributed by atoms with Crippen molar-refractivity contribution in [3.8, 4) is 0 Å². The molecular weight excluding hydrogens is 463 g/mol. The average molecular weight is 491 g/mol. The molecule has 1 aromatic carbocycles. The first-order valence-electron chi connectivity index (χ1n) is 8.90. The summed E-state index contributed by atoms with van der Waals surface area (Å²) in [5, 5.41) is 6.38. The van der Waals surface area contributed by atoms with Crippen LogP contribution in [0.3, 0.4) is 0 Å². The number of benzene rings is 1. The molecule has 0 spiro atoms. The zero-order valence-corrected chi connectivity index (χ0v) is 18.5. The summed E-state index contributed by atoms with van der Waals surface area (Å²) in [6, 6.07) is 3.68. The molecule has 0 aliphatic carbocycles. The van der Waals surface area contributed by atoms with E-state index in [9.17, 15) is 8.78 Å². The number of halogens is 3. The molecule has 2 rings (SSSR count). The highest BCUT2D eigenvalue weighted by molar-refractivity contribution is 14.0. The Morgan fingerprint density at radius 3 is 2.59 bits per heavy atom. The summed E-state index contributed by atoms with van der Waals surface area (Å²) in [6.07, 6.45) is 3.73. The number of rotatable bonds is 7. The summed E-state index contributed by atoms with van der Waals surface area (Å²) in [7, 11) is 0. The molecule has 0 amide bonds. The Morgan fingerprint density at radius 1 is 1.22 bits per heavy atom. The molecule has 0 saturated carbocycles. The quantitative estimate of drug-likeness (QED) is 0.346. The maximum absolute atomic E-state index is 13.4. The zero-order chi connectivity index (χ0) is 19.1. The molecule has 0 aliphatic rings. The van der Waals surface area contributed by atoms with Gasteiger partial charge in [0.1, 0.15) is 12.4 Å². The van der Waals surface area contributed by atoms with Gasteiger partial charge in [0.05, 0.1) is 6.04 Å². The van der Waals surface area contributed by atoms with Crippen LogP contribution in [-0.2, 0) is 13.1 Å². The number of hydrogen-bond donors (Lipinski definition) is 2. The standard InChI is InChI=1S/C19H27F2N5.HI/c1-5-22-19(24-11-18-23-8-9-26(18)12-13(2)3)25-14(4)15-6-7-16(20)17(21)10-15;/h6-10,13-14H,5,11-12H2,1-4H3,(H2,22,24,25);1H. The Balaban J connectivity index is 0.00000364. The van der Waals surface area contributed by atoms with E-state index in [2.05, 4.69) is 39.0 Å². The lowest BCUT2D eigenvalue weighted by Gasteiger charge is -2.18. The third kappa shape index (κ3) is 7.08. The fourth-order valence-corrected chi connectivity index (χ4v) is 2.59. The monoisotopic (exact) mass is 491 g/mol. The van der Waals surface area contributed by atoms with E-state index < -0.39 is 11.6 Å². The first-order chi connectivity index (χ1) is 12.4. The van der Waals surface area contributed by atoms with Crippen LogP contribution in [-0.4, -0.2) is 22.1 Å². The van der Waals surface area contributed by atoms with Gasteiger partial charge >= 0.3 is 0 Å². The van der Waals surface area contributed by atoms with Gasteiger partial charge in [0.25, 0.3) is 0 Å². The number of guanidine groups is 1. The zero-order valence-electron chi connectivity index (χ0n) is 16.2. The molecule has 150 valence electrons. The highest BCUT2D eigenvalue weighted by Crippen LogP contribution is 2.16. The lowest BCUT2D eigenvalue weighted by Crippen LogP contribution is -2.38. The second-order valence-electron chi connectivity index (χ2n) is 6.62. The minimum absolute atomic E-state index is 0. The number of aliphatic imine (C=N–C) groups is 1. The van der Waals surface area contributed by atoms with Crippen molar-refractivity contribution in [2.45, 2.75) is 46.8 Å². The average Bonchev–Trinajstić information content (AvgIpc) is 3.01. The molecule has 2 N–H and O–H groups in total. The number of hydrogen-bond acceptors (Lipinski definition) is 2. The van der Waals surface area contributed by atoms with E-state index in [4.69, 9.17) is 0 Å². The molecule has 8 heteroatoms. The maximum atomic E-state index is 13.4. The van der Waals surface area contributed by atoms with Crippen LogP contribution < -0.4 is 10.6 Å². The van der Waals surface area contributed by atoms with Crippen molar-refractivity contribution in [2.75, 3.05) is 6.54 Å². The number of nitrogens with zero attached hydrogens (tertiary/aromatic N) is 3. The Kier molecular flexibility index (Phi) is 9.68. The van der Waals surface area contributed by atoms with E-state index in [0.717, 1.165) is 18.4 Å². The van der Waals surface area contributed by atoms with E-state index in [1.54, 1.807) is 12.3 Å². The van der Waals surface area contributed by atoms with Crippen molar-refractivity contribution >= 4 is 29.9 Å². The van der Waals surface area contributed by atoms with E-state index in [0.29, 0.717) is 30.5 Å². The van der Waals surface area contributed by atoms with Crippen molar-refractivity contribution in [1.29, 1.82) is 0 Å². The SMILES string of the molecule is CCNC(=NCc1nccn1CC(C)C)NC(C)c1ccc(F)c(F)c1.I. The second kappa shape index (κ2) is 11.2. The van der Waals surface area contributed by atoms with E-state index >= 15 is 0 Å². The van der Waals surface area contributed by atoms with Crippen molar-refractivity contribution in [2.24, 2.45) is 10.9 Å². The molecule has 2 aromatic rings. The van der Waals surface area contributed by atoms with Crippen LogP contribution in [0.25, 0.3) is 0 Å². The van der Waals surface area contributed by atoms with Crippen molar-refractivity contribution in [1.82, 2.24) is 20.2 Å². The first kappa shape index (κ1) is 23.3. The minimum Gasteiger partial charge on any atom is -0.357 e. The van der Waals surface area contributed by atoms with E-state index in [1.807, 2.05) is 20.0 Å². The summed E-state index contributed by atoms with van der Waals surface area (Å²) in [4.78, 5) is 8.94. The van der Waals surface area contributed by atoms with Gasteiger partial charge in [0.2, 0.25) is 0 Å². The fourth-order valence-electron chi connectivity index (χ4n) is 2.59. The van der Waals surface area contributed by atoms with Gasteiger partial charge in [-0.2, -0.15) is 0 Å². The molecule has 0 radical (unpaired) electrons. The highest BCUT2D eigenvalue weighted by Gasteiger charge is 2.11. The maximum Gasteiger partial charge on any atom is 0.192 e. The number of imidazole rings is 1. The van der Waals surface area contributed by atoms with Gasteiger partial charge in [0, 0.05) is 25.5 Å². The molecule has 27 heavy (non-hydrogen) atoms. The van der Waals surface area contributed by atoms with Crippen LogP contribution in [0, 0.1) is 17.6 Å². The van der Waals surface area contributed by atoms with Crippen molar-refractivity contribution in [3.63, 3.8) is 0 Å². The molecule has 0 saturated heterocycles. The van der Waals surface area contributed by atoms with Gasteiger partial charge in [-0.25, -0.2) is 18.8 Å². The first-order valence-corrected chi connectivity index (χ1v) is 8.90. The van der Waals surface area contributed by atoms with Crippen LogP contribution in [0.15, 0.2) is 35.6 Å². The molecule has 0 aliphatic heterocycles. The summed E-state index contributed by atoms with van der Waals surface area (Å²) in [6.45, 7) is 10.2. The van der Waals surface area contributed by atoms with Crippen LogP contribution in [0.4, 0.5) is 8.78 Å². The lowest BCUT2D eigenvalue weighted by atomic mass is 10.1. The number of aromatic nitrogens is 2. The molecular formula is C19H28F2IN5. The van der Waals surface area contributed by atoms with Gasteiger partial charge < -0.3 is 15.2 Å². The van der Waals surface area contributed by atoms with Crippen LogP contribution >= 0.6 is 24.0 Å². The van der Waals surface area contributed by atoms with Gasteiger partial charge in [-0.05, 0) is 37.5 Å². The molecule has 1 heterocycles. The molecule has 1 aromatic heterocycles. The Bertz CT molecular complexity index is 745. The lowest BCUT2D eigenvalue weighted by molar-refractivity contribution is 0.504. The predicted molar refractivity (Wildman–Crippen MR) is 115 cm³/mol. The smallest absolute Gasteiger partial charge is 0.192 e. The van der Waals surface area contributed by atoms with Crippen LogP contribution in [0.1, 0.15) is 45.1 Å². The molecule has 0 bridgehead atoms. The van der Waals surface area contributed by atoms with E-state index in [-0.39, 0.29) is 30.0 Å². The predicted octanol–water partition coefficient (Wildman–Crippen LogP) is 4.25. The molecule has 0 fully saturated rings. The van der Waals surface area contributed by atoms with Crippen LogP contribution in [0.2, 0.25) is 0 Å². The van der Waals surface area contributed by atoms with Gasteiger partial charge in [0.15, 0.2) is 17.6 Å². The molecule has 5 nitrogen and oxygen atoms in total. The topological polar surface area (TPSA) is 54.2 Å². The highest BCUT2D eigenvalue weighted by atomic mass is 127. The fraction of sp³-hybridized carbons (Fsp3) is 0.474. The molecule has 1 unspecified atom stereocenters.